The molecule has 1 saturated heterocycles. The van der Waals surface area contributed by atoms with Crippen molar-refractivity contribution in [2.75, 3.05) is 19.6 Å². The largest absolute Gasteiger partial charge is 0.347 e. The van der Waals surface area contributed by atoms with Crippen molar-refractivity contribution >= 4 is 11.8 Å². The van der Waals surface area contributed by atoms with E-state index in [-0.39, 0.29) is 18.4 Å². The molecule has 5 heteroatoms. The van der Waals surface area contributed by atoms with Crippen LogP contribution in [0.3, 0.4) is 0 Å². The quantitative estimate of drug-likeness (QED) is 0.797. The maximum atomic E-state index is 11.7. The second-order valence-electron chi connectivity index (χ2n) is 4.01. The van der Waals surface area contributed by atoms with Gasteiger partial charge in [0.15, 0.2) is 0 Å². The Balaban J connectivity index is 1.89. The van der Waals surface area contributed by atoms with Crippen LogP contribution in [0, 0.1) is 0 Å². The zero-order valence-electron chi connectivity index (χ0n) is 9.56. The molecule has 2 heterocycles. The van der Waals surface area contributed by atoms with Gasteiger partial charge in [0.25, 0.3) is 0 Å². The molecular weight excluding hydrogens is 218 g/mol. The molecule has 2 rings (SSSR count). The lowest BCUT2D eigenvalue weighted by Crippen LogP contribution is -2.36. The topological polar surface area (TPSA) is 62.3 Å². The predicted octanol–water partition coefficient (Wildman–Crippen LogP) is -0.0274. The first-order valence-electron chi connectivity index (χ1n) is 5.69. The molecule has 1 N–H and O–H groups in total. The van der Waals surface area contributed by atoms with Gasteiger partial charge in [-0.25, -0.2) is 0 Å². The SMILES string of the molecule is O=C1CCN(CCc2ccncc2)C(=O)CN1. The number of carbonyl (C=O) groups is 2. The summed E-state index contributed by atoms with van der Waals surface area (Å²) in [5.74, 6) is -0.0605. The number of hydrogen-bond donors (Lipinski definition) is 1. The highest BCUT2D eigenvalue weighted by molar-refractivity contribution is 5.87. The molecule has 1 aliphatic heterocycles. The fourth-order valence-corrected chi connectivity index (χ4v) is 1.79. The Morgan fingerprint density at radius 1 is 1.29 bits per heavy atom. The molecule has 0 spiro atoms. The highest BCUT2D eigenvalue weighted by atomic mass is 16.2. The molecule has 1 aromatic heterocycles. The lowest BCUT2D eigenvalue weighted by Gasteiger charge is -2.19. The molecule has 0 bridgehead atoms. The Bertz CT molecular complexity index is 405. The second kappa shape index (κ2) is 5.43. The number of rotatable bonds is 3. The van der Waals surface area contributed by atoms with Crippen LogP contribution in [0.5, 0.6) is 0 Å². The minimum absolute atomic E-state index is 0.00935. The Kier molecular flexibility index (Phi) is 3.69. The van der Waals surface area contributed by atoms with Crippen molar-refractivity contribution in [3.05, 3.63) is 30.1 Å². The summed E-state index contributed by atoms with van der Waals surface area (Å²) in [5.41, 5.74) is 1.15. The Hall–Kier alpha value is -1.91. The van der Waals surface area contributed by atoms with E-state index in [1.165, 1.54) is 0 Å². The number of nitrogens with zero attached hydrogens (tertiary/aromatic N) is 2. The van der Waals surface area contributed by atoms with Crippen LogP contribution < -0.4 is 5.32 Å². The molecule has 0 atom stereocenters. The van der Waals surface area contributed by atoms with Gasteiger partial charge in [0, 0.05) is 31.9 Å². The van der Waals surface area contributed by atoms with Crippen molar-refractivity contribution in [3.8, 4) is 0 Å². The van der Waals surface area contributed by atoms with Gasteiger partial charge in [-0.15, -0.1) is 0 Å². The molecule has 17 heavy (non-hydrogen) atoms. The first-order chi connectivity index (χ1) is 8.25. The molecule has 1 fully saturated rings. The number of carbonyl (C=O) groups excluding carboxylic acids is 2. The van der Waals surface area contributed by atoms with E-state index in [1.807, 2.05) is 12.1 Å². The molecule has 1 aromatic rings. The fraction of sp³-hybridized carbons (Fsp3) is 0.417. The molecular formula is C12H15N3O2. The van der Waals surface area contributed by atoms with Gasteiger partial charge in [-0.2, -0.15) is 0 Å². The average molecular weight is 233 g/mol. The van der Waals surface area contributed by atoms with E-state index in [0.717, 1.165) is 12.0 Å². The monoisotopic (exact) mass is 233 g/mol. The third-order valence-electron chi connectivity index (χ3n) is 2.82. The first-order valence-corrected chi connectivity index (χ1v) is 5.69. The highest BCUT2D eigenvalue weighted by Gasteiger charge is 2.19. The minimum Gasteiger partial charge on any atom is -0.347 e. The van der Waals surface area contributed by atoms with Crippen molar-refractivity contribution in [2.45, 2.75) is 12.8 Å². The Morgan fingerprint density at radius 2 is 2.06 bits per heavy atom. The van der Waals surface area contributed by atoms with E-state index < -0.39 is 0 Å². The van der Waals surface area contributed by atoms with Crippen LogP contribution in [-0.4, -0.2) is 41.3 Å². The first kappa shape index (κ1) is 11.6. The third kappa shape index (κ3) is 3.27. The molecule has 90 valence electrons. The molecule has 0 radical (unpaired) electrons. The summed E-state index contributed by atoms with van der Waals surface area (Å²) >= 11 is 0. The summed E-state index contributed by atoms with van der Waals surface area (Å²) in [6, 6.07) is 3.87. The van der Waals surface area contributed by atoms with Crippen molar-refractivity contribution in [3.63, 3.8) is 0 Å². The molecule has 0 unspecified atom stereocenters. The van der Waals surface area contributed by atoms with E-state index in [1.54, 1.807) is 17.3 Å². The summed E-state index contributed by atoms with van der Waals surface area (Å²) in [4.78, 5) is 28.5. The summed E-state index contributed by atoms with van der Waals surface area (Å²) in [6.07, 6.45) is 4.67. The van der Waals surface area contributed by atoms with Crippen LogP contribution in [0.2, 0.25) is 0 Å². The lowest BCUT2D eigenvalue weighted by molar-refractivity contribution is -0.130. The van der Waals surface area contributed by atoms with Crippen molar-refractivity contribution in [1.82, 2.24) is 15.2 Å². The van der Waals surface area contributed by atoms with Crippen LogP contribution in [0.4, 0.5) is 0 Å². The second-order valence-corrected chi connectivity index (χ2v) is 4.01. The van der Waals surface area contributed by atoms with E-state index in [2.05, 4.69) is 10.3 Å². The van der Waals surface area contributed by atoms with Gasteiger partial charge in [0.1, 0.15) is 0 Å². The van der Waals surface area contributed by atoms with Crippen LogP contribution >= 0.6 is 0 Å². The summed E-state index contributed by atoms with van der Waals surface area (Å²) < 4.78 is 0. The minimum atomic E-state index is -0.0511. The number of nitrogens with one attached hydrogen (secondary N) is 1. The van der Waals surface area contributed by atoms with E-state index in [0.29, 0.717) is 19.5 Å². The maximum Gasteiger partial charge on any atom is 0.241 e. The van der Waals surface area contributed by atoms with E-state index >= 15 is 0 Å². The predicted molar refractivity (Wildman–Crippen MR) is 62.1 cm³/mol. The van der Waals surface area contributed by atoms with Crippen molar-refractivity contribution < 1.29 is 9.59 Å². The van der Waals surface area contributed by atoms with Gasteiger partial charge < -0.3 is 10.2 Å². The summed E-state index contributed by atoms with van der Waals surface area (Å²) in [6.45, 7) is 1.28. The molecule has 5 nitrogen and oxygen atoms in total. The number of aromatic nitrogens is 1. The summed E-state index contributed by atoms with van der Waals surface area (Å²) in [5, 5.41) is 2.58. The maximum absolute atomic E-state index is 11.7. The summed E-state index contributed by atoms with van der Waals surface area (Å²) in [7, 11) is 0. The van der Waals surface area contributed by atoms with Gasteiger partial charge in [0.05, 0.1) is 6.54 Å². The number of hydrogen-bond acceptors (Lipinski definition) is 3. The molecule has 1 aliphatic rings. The van der Waals surface area contributed by atoms with Crippen LogP contribution in [0.1, 0.15) is 12.0 Å². The normalized spacial score (nSPS) is 16.6. The number of amides is 2. The van der Waals surface area contributed by atoms with Crippen molar-refractivity contribution in [1.29, 1.82) is 0 Å². The molecule has 0 aromatic carbocycles. The third-order valence-corrected chi connectivity index (χ3v) is 2.82. The lowest BCUT2D eigenvalue weighted by atomic mass is 10.2. The van der Waals surface area contributed by atoms with Crippen LogP contribution in [0.15, 0.2) is 24.5 Å². The number of pyridine rings is 1. The van der Waals surface area contributed by atoms with Gasteiger partial charge in [-0.3, -0.25) is 14.6 Å². The van der Waals surface area contributed by atoms with Gasteiger partial charge >= 0.3 is 0 Å². The van der Waals surface area contributed by atoms with E-state index in [9.17, 15) is 9.59 Å². The van der Waals surface area contributed by atoms with Gasteiger partial charge in [0.2, 0.25) is 11.8 Å². The smallest absolute Gasteiger partial charge is 0.241 e. The molecule has 0 saturated carbocycles. The molecule has 0 aliphatic carbocycles. The van der Waals surface area contributed by atoms with Gasteiger partial charge in [-0.05, 0) is 24.1 Å². The average Bonchev–Trinajstić information content (AvgIpc) is 2.52. The fourth-order valence-electron chi connectivity index (χ4n) is 1.79. The van der Waals surface area contributed by atoms with E-state index in [4.69, 9.17) is 0 Å². The highest BCUT2D eigenvalue weighted by Crippen LogP contribution is 2.03. The van der Waals surface area contributed by atoms with Crippen molar-refractivity contribution in [2.24, 2.45) is 0 Å². The zero-order valence-corrected chi connectivity index (χ0v) is 9.56. The van der Waals surface area contributed by atoms with Crippen LogP contribution in [-0.2, 0) is 16.0 Å². The molecule has 2 amide bonds. The van der Waals surface area contributed by atoms with Gasteiger partial charge in [-0.1, -0.05) is 0 Å². The standard InChI is InChI=1S/C12H15N3O2/c16-11-4-8-15(12(17)9-14-11)7-3-10-1-5-13-6-2-10/h1-2,5-6H,3-4,7-9H2,(H,14,16). The Labute approximate surface area is 99.8 Å². The van der Waals surface area contributed by atoms with Crippen LogP contribution in [0.25, 0.3) is 0 Å². The zero-order chi connectivity index (χ0) is 12.1. The Morgan fingerprint density at radius 3 is 2.82 bits per heavy atom.